The highest BCUT2D eigenvalue weighted by atomic mass is 32.2. The Hall–Kier alpha value is -1.37. The number of carbonyl (C=O) groups is 2. The number of carboxylic acid groups (broad SMARTS) is 1. The Morgan fingerprint density at radius 3 is 2.80 bits per heavy atom. The van der Waals surface area contributed by atoms with Gasteiger partial charge in [-0.15, -0.1) is 5.10 Å². The molecule has 0 saturated carbocycles. The van der Waals surface area contributed by atoms with E-state index < -0.39 is 11.2 Å². The van der Waals surface area contributed by atoms with Crippen LogP contribution in [0, 0.1) is 0 Å². The molecule has 0 aromatic carbocycles. The fraction of sp³-hybridized carbons (Fsp3) is 0.500. The maximum Gasteiger partial charge on any atom is 0.239 e. The van der Waals surface area contributed by atoms with Gasteiger partial charge in [0.05, 0.1) is 5.25 Å². The van der Waals surface area contributed by atoms with Gasteiger partial charge in [-0.2, -0.15) is 5.10 Å². The molecule has 0 radical (unpaired) electrons. The number of amides is 1. The molecule has 1 amide bonds. The van der Waals surface area contributed by atoms with E-state index >= 15 is 0 Å². The van der Waals surface area contributed by atoms with Crippen molar-refractivity contribution in [2.45, 2.75) is 25.5 Å². The van der Waals surface area contributed by atoms with Crippen molar-refractivity contribution < 1.29 is 14.7 Å². The minimum absolute atomic E-state index is 0.315. The summed E-state index contributed by atoms with van der Waals surface area (Å²) in [5.41, 5.74) is 0.751. The highest BCUT2D eigenvalue weighted by Crippen LogP contribution is 2.21. The van der Waals surface area contributed by atoms with Crippen molar-refractivity contribution >= 4 is 34.5 Å². The zero-order valence-electron chi connectivity index (χ0n) is 8.31. The highest BCUT2D eigenvalue weighted by Gasteiger charge is 2.30. The lowest BCUT2D eigenvalue weighted by atomic mass is 10.3. The van der Waals surface area contributed by atoms with Gasteiger partial charge in [-0.05, 0) is 13.8 Å². The van der Waals surface area contributed by atoms with Gasteiger partial charge in [0.2, 0.25) is 5.91 Å². The van der Waals surface area contributed by atoms with Crippen LogP contribution in [-0.2, 0) is 9.59 Å². The van der Waals surface area contributed by atoms with Gasteiger partial charge in [0.25, 0.3) is 0 Å². The van der Waals surface area contributed by atoms with Crippen molar-refractivity contribution in [3.8, 4) is 0 Å². The van der Waals surface area contributed by atoms with Crippen molar-refractivity contribution in [2.24, 2.45) is 10.2 Å². The minimum atomic E-state index is -1.25. The fourth-order valence-corrected chi connectivity index (χ4v) is 1.79. The summed E-state index contributed by atoms with van der Waals surface area (Å²) in [5, 5.41) is 19.9. The van der Waals surface area contributed by atoms with Crippen LogP contribution in [0.15, 0.2) is 10.2 Å². The quantitative estimate of drug-likeness (QED) is 0.501. The summed E-state index contributed by atoms with van der Waals surface area (Å²) in [6, 6.07) is 0. The van der Waals surface area contributed by atoms with E-state index in [1.807, 2.05) is 0 Å². The number of hydrogen-bond acceptors (Lipinski definition) is 6. The largest absolute Gasteiger partial charge is 0.550 e. The summed E-state index contributed by atoms with van der Waals surface area (Å²) >= 11 is 1.05. The fourth-order valence-electron chi connectivity index (χ4n) is 0.883. The van der Waals surface area contributed by atoms with Crippen LogP contribution < -0.4 is 10.4 Å². The van der Waals surface area contributed by atoms with Crippen LogP contribution in [0.1, 0.15) is 20.3 Å². The van der Waals surface area contributed by atoms with E-state index in [1.54, 1.807) is 13.8 Å². The third-order valence-electron chi connectivity index (χ3n) is 1.47. The molecule has 7 heteroatoms. The second-order valence-electron chi connectivity index (χ2n) is 3.12. The third-order valence-corrected chi connectivity index (χ3v) is 2.54. The molecule has 1 aliphatic heterocycles. The van der Waals surface area contributed by atoms with Gasteiger partial charge in [-0.3, -0.25) is 4.79 Å². The zero-order chi connectivity index (χ0) is 11.4. The van der Waals surface area contributed by atoms with Crippen LogP contribution in [0.5, 0.6) is 0 Å². The van der Waals surface area contributed by atoms with Gasteiger partial charge < -0.3 is 15.2 Å². The van der Waals surface area contributed by atoms with Crippen molar-refractivity contribution in [2.75, 3.05) is 0 Å². The first-order valence-electron chi connectivity index (χ1n) is 4.25. The first kappa shape index (κ1) is 11.7. The number of hydrogen-bond donors (Lipinski definition) is 1. The lowest BCUT2D eigenvalue weighted by Crippen LogP contribution is -2.31. The Morgan fingerprint density at radius 2 is 2.27 bits per heavy atom. The highest BCUT2D eigenvalue weighted by molar-refractivity contribution is 8.15. The topological polar surface area (TPSA) is 94.0 Å². The number of carboxylic acids is 1. The van der Waals surface area contributed by atoms with Crippen molar-refractivity contribution in [1.82, 2.24) is 5.32 Å². The van der Waals surface area contributed by atoms with E-state index in [0.29, 0.717) is 5.17 Å². The van der Waals surface area contributed by atoms with Gasteiger partial charge in [-0.25, -0.2) is 0 Å². The molecule has 82 valence electrons. The maximum atomic E-state index is 11.2. The summed E-state index contributed by atoms with van der Waals surface area (Å²) < 4.78 is 0. The molecule has 0 spiro atoms. The summed E-state index contributed by atoms with van der Waals surface area (Å²) in [6.07, 6.45) is -0.315. The molecular weight excluding hydrogens is 218 g/mol. The van der Waals surface area contributed by atoms with Gasteiger partial charge in [0.15, 0.2) is 5.17 Å². The lowest BCUT2D eigenvalue weighted by molar-refractivity contribution is -0.305. The first-order chi connectivity index (χ1) is 6.99. The van der Waals surface area contributed by atoms with Gasteiger partial charge in [0.1, 0.15) is 0 Å². The van der Waals surface area contributed by atoms with E-state index in [1.165, 1.54) is 0 Å². The molecule has 15 heavy (non-hydrogen) atoms. The number of aliphatic carboxylic acids is 1. The molecule has 0 bridgehead atoms. The second kappa shape index (κ2) is 4.92. The smallest absolute Gasteiger partial charge is 0.239 e. The molecular formula is C8H10N3O3S-. The maximum absolute atomic E-state index is 11.2. The van der Waals surface area contributed by atoms with Crippen LogP contribution >= 0.6 is 11.8 Å². The molecule has 0 aromatic heterocycles. The lowest BCUT2D eigenvalue weighted by Gasteiger charge is -2.04. The van der Waals surface area contributed by atoms with E-state index in [2.05, 4.69) is 15.5 Å². The molecule has 1 rings (SSSR count). The van der Waals surface area contributed by atoms with E-state index in [0.717, 1.165) is 17.5 Å². The number of nitrogens with zero attached hydrogens (tertiary/aromatic N) is 2. The number of carbonyl (C=O) groups excluding carboxylic acids is 2. The van der Waals surface area contributed by atoms with Crippen LogP contribution in [0.4, 0.5) is 0 Å². The second-order valence-corrected chi connectivity index (χ2v) is 4.32. The molecule has 1 fully saturated rings. The molecule has 0 unspecified atom stereocenters. The Bertz CT molecular complexity index is 347. The Kier molecular flexibility index (Phi) is 3.84. The molecule has 6 nitrogen and oxygen atoms in total. The van der Waals surface area contributed by atoms with Gasteiger partial charge in [-0.1, -0.05) is 11.8 Å². The predicted molar refractivity (Wildman–Crippen MR) is 55.4 cm³/mol. The SMILES string of the molecule is CC(C)=N/N=C1/NC(=O)[C@H](CC(=O)[O-])S1. The van der Waals surface area contributed by atoms with Crippen LogP contribution in [0.2, 0.25) is 0 Å². The Morgan fingerprint density at radius 1 is 1.60 bits per heavy atom. The monoisotopic (exact) mass is 228 g/mol. The summed E-state index contributed by atoms with van der Waals surface area (Å²) in [6.45, 7) is 3.54. The number of amidine groups is 1. The molecule has 1 atom stereocenters. The predicted octanol–water partition coefficient (Wildman–Crippen LogP) is -0.890. The average molecular weight is 228 g/mol. The summed E-state index contributed by atoms with van der Waals surface area (Å²) in [4.78, 5) is 21.5. The minimum Gasteiger partial charge on any atom is -0.550 e. The van der Waals surface area contributed by atoms with Crippen molar-refractivity contribution in [1.29, 1.82) is 0 Å². The summed E-state index contributed by atoms with van der Waals surface area (Å²) in [5.74, 6) is -1.62. The number of thioether (sulfide) groups is 1. The first-order valence-corrected chi connectivity index (χ1v) is 5.13. The number of rotatable bonds is 3. The van der Waals surface area contributed by atoms with Crippen LogP contribution in [0.3, 0.4) is 0 Å². The average Bonchev–Trinajstić information content (AvgIpc) is 2.43. The van der Waals surface area contributed by atoms with Crippen LogP contribution in [0.25, 0.3) is 0 Å². The molecule has 0 aliphatic carbocycles. The Balaban J connectivity index is 2.63. The number of nitrogens with one attached hydrogen (secondary N) is 1. The molecule has 1 N–H and O–H groups in total. The van der Waals surface area contributed by atoms with Crippen LogP contribution in [-0.4, -0.2) is 28.0 Å². The van der Waals surface area contributed by atoms with Crippen molar-refractivity contribution in [3.63, 3.8) is 0 Å². The summed E-state index contributed by atoms with van der Waals surface area (Å²) in [7, 11) is 0. The van der Waals surface area contributed by atoms with Gasteiger partial charge >= 0.3 is 0 Å². The van der Waals surface area contributed by atoms with E-state index in [9.17, 15) is 14.7 Å². The standard InChI is InChI=1S/C8H11N3O3S/c1-4(2)10-11-8-9-7(14)5(15-8)3-6(12)13/h5H,3H2,1-2H3,(H,12,13)(H,9,11,14)/p-1/t5-/m0/s1. The molecule has 1 heterocycles. The van der Waals surface area contributed by atoms with E-state index in [-0.39, 0.29) is 12.3 Å². The third kappa shape index (κ3) is 3.70. The molecule has 0 aromatic rings. The van der Waals surface area contributed by atoms with Crippen molar-refractivity contribution in [3.05, 3.63) is 0 Å². The Labute approximate surface area is 90.8 Å². The van der Waals surface area contributed by atoms with E-state index in [4.69, 9.17) is 0 Å². The molecule has 1 aliphatic rings. The normalized spacial score (nSPS) is 22.7. The zero-order valence-corrected chi connectivity index (χ0v) is 9.13. The molecule has 1 saturated heterocycles. The van der Waals surface area contributed by atoms with Gasteiger partial charge in [0, 0.05) is 18.1 Å².